The van der Waals surface area contributed by atoms with Crippen molar-refractivity contribution in [3.63, 3.8) is 0 Å². The van der Waals surface area contributed by atoms with Crippen LogP contribution in [0.15, 0.2) is 24.3 Å². The van der Waals surface area contributed by atoms with Crippen molar-refractivity contribution in [1.29, 1.82) is 0 Å². The lowest BCUT2D eigenvalue weighted by atomic mass is 10.0. The lowest BCUT2D eigenvalue weighted by molar-refractivity contribution is 0.0618. The van der Waals surface area contributed by atoms with Crippen LogP contribution < -0.4 is 0 Å². The van der Waals surface area contributed by atoms with Crippen LogP contribution in [0.4, 0.5) is 9.18 Å². The van der Waals surface area contributed by atoms with Crippen molar-refractivity contribution in [3.05, 3.63) is 34.9 Å². The highest BCUT2D eigenvalue weighted by atomic mass is 35.5. The number of carbonyl (C=O) groups is 1. The second kappa shape index (κ2) is 7.05. The van der Waals surface area contributed by atoms with E-state index in [0.29, 0.717) is 24.9 Å². The van der Waals surface area contributed by atoms with Crippen molar-refractivity contribution in [3.8, 4) is 0 Å². The molecule has 2 heterocycles. The molecule has 3 unspecified atom stereocenters. The van der Waals surface area contributed by atoms with Gasteiger partial charge in [-0.25, -0.2) is 9.18 Å². The first-order valence-corrected chi connectivity index (χ1v) is 8.41. The fourth-order valence-electron chi connectivity index (χ4n) is 3.54. The molecule has 1 amide bonds. The molecule has 23 heavy (non-hydrogen) atoms. The van der Waals surface area contributed by atoms with E-state index in [1.807, 2.05) is 18.2 Å². The number of amides is 1. The molecule has 1 aromatic rings. The van der Waals surface area contributed by atoms with E-state index in [4.69, 9.17) is 16.3 Å². The normalized spacial score (nSPS) is 25.4. The fraction of sp³-hybridized carbons (Fsp3) is 0.588. The van der Waals surface area contributed by atoms with Gasteiger partial charge in [-0.2, -0.15) is 0 Å². The Labute approximate surface area is 141 Å². The summed E-state index contributed by atoms with van der Waals surface area (Å²) in [5.74, 6) is 0.949. The monoisotopic (exact) mass is 340 g/mol. The van der Waals surface area contributed by atoms with Gasteiger partial charge in [-0.05, 0) is 36.5 Å². The topological polar surface area (TPSA) is 32.8 Å². The van der Waals surface area contributed by atoms with Crippen molar-refractivity contribution in [2.75, 3.05) is 32.9 Å². The largest absolute Gasteiger partial charge is 0.444 e. The van der Waals surface area contributed by atoms with Crippen LogP contribution in [-0.4, -0.2) is 54.9 Å². The Morgan fingerprint density at radius 1 is 1.35 bits per heavy atom. The molecule has 0 N–H and O–H groups in total. The van der Waals surface area contributed by atoms with Gasteiger partial charge in [0.2, 0.25) is 0 Å². The highest BCUT2D eigenvalue weighted by Gasteiger charge is 2.42. The molecule has 4 nitrogen and oxygen atoms in total. The average molecular weight is 341 g/mol. The van der Waals surface area contributed by atoms with E-state index >= 15 is 0 Å². The molecule has 2 saturated heterocycles. The van der Waals surface area contributed by atoms with Gasteiger partial charge in [0.05, 0.1) is 0 Å². The van der Waals surface area contributed by atoms with Crippen LogP contribution >= 0.6 is 11.6 Å². The molecule has 2 fully saturated rings. The Hall–Kier alpha value is -1.33. The molecule has 0 aliphatic carbocycles. The number of rotatable bonds is 4. The molecular formula is C17H22ClFN2O2. The summed E-state index contributed by atoms with van der Waals surface area (Å²) in [6.45, 7) is 5.17. The van der Waals surface area contributed by atoms with E-state index in [1.54, 1.807) is 11.8 Å². The molecule has 6 heteroatoms. The lowest BCUT2D eigenvalue weighted by Crippen LogP contribution is -2.35. The number of carbonyl (C=O) groups excluding carboxylic acids is 1. The van der Waals surface area contributed by atoms with Crippen molar-refractivity contribution in [2.45, 2.75) is 19.6 Å². The van der Waals surface area contributed by atoms with E-state index in [9.17, 15) is 9.18 Å². The number of ether oxygens (including phenoxy) is 1. The lowest BCUT2D eigenvalue weighted by Gasteiger charge is -2.22. The first-order chi connectivity index (χ1) is 11.0. The third-order valence-corrected chi connectivity index (χ3v) is 4.87. The van der Waals surface area contributed by atoms with E-state index in [2.05, 4.69) is 11.0 Å². The number of nitrogens with zero attached hydrogens (tertiary/aromatic N) is 2. The summed E-state index contributed by atoms with van der Waals surface area (Å²) < 4.78 is 17.5. The van der Waals surface area contributed by atoms with E-state index in [0.717, 1.165) is 24.7 Å². The van der Waals surface area contributed by atoms with Gasteiger partial charge < -0.3 is 9.64 Å². The zero-order valence-corrected chi connectivity index (χ0v) is 14.0. The molecule has 0 spiro atoms. The number of alkyl halides is 1. The third kappa shape index (κ3) is 3.96. The van der Waals surface area contributed by atoms with Crippen molar-refractivity contribution < 1.29 is 13.9 Å². The minimum Gasteiger partial charge on any atom is -0.444 e. The third-order valence-electron chi connectivity index (χ3n) is 4.63. The molecule has 3 rings (SSSR count). The molecule has 0 saturated carbocycles. The zero-order valence-electron chi connectivity index (χ0n) is 13.3. The molecule has 1 aromatic carbocycles. The molecular weight excluding hydrogens is 319 g/mol. The van der Waals surface area contributed by atoms with Crippen LogP contribution in [0.5, 0.6) is 0 Å². The highest BCUT2D eigenvalue weighted by Crippen LogP contribution is 2.32. The van der Waals surface area contributed by atoms with Crippen LogP contribution in [0.2, 0.25) is 5.02 Å². The number of hydrogen-bond acceptors (Lipinski definition) is 3. The molecule has 2 aliphatic rings. The maximum Gasteiger partial charge on any atom is 0.410 e. The molecule has 0 radical (unpaired) electrons. The second-order valence-corrected chi connectivity index (χ2v) is 7.03. The van der Waals surface area contributed by atoms with Gasteiger partial charge in [0.25, 0.3) is 0 Å². The Kier molecular flexibility index (Phi) is 5.07. The Balaban J connectivity index is 1.50. The summed E-state index contributed by atoms with van der Waals surface area (Å²) >= 11 is 6.03. The second-order valence-electron chi connectivity index (χ2n) is 6.60. The number of hydrogen-bond donors (Lipinski definition) is 0. The molecule has 0 aromatic heterocycles. The number of halogens is 2. The van der Waals surface area contributed by atoms with Crippen LogP contribution in [0.3, 0.4) is 0 Å². The number of fused-ring (bicyclic) bond motifs is 1. The summed E-state index contributed by atoms with van der Waals surface area (Å²) in [6, 6.07) is 7.93. The maximum absolute atomic E-state index is 12.4. The highest BCUT2D eigenvalue weighted by molar-refractivity contribution is 6.30. The summed E-state index contributed by atoms with van der Waals surface area (Å²) in [7, 11) is 0. The summed E-state index contributed by atoms with van der Waals surface area (Å²) in [5.41, 5.74) is 1.21. The smallest absolute Gasteiger partial charge is 0.410 e. The number of benzene rings is 1. The molecule has 0 bridgehead atoms. The SMILES string of the molecule is CC(CF)OC(=O)N1CC2CN(Cc3cccc(Cl)c3)CC2C1. The van der Waals surface area contributed by atoms with E-state index in [1.165, 1.54) is 5.56 Å². The Morgan fingerprint density at radius 2 is 2.04 bits per heavy atom. The van der Waals surface area contributed by atoms with E-state index in [-0.39, 0.29) is 6.09 Å². The Morgan fingerprint density at radius 3 is 2.65 bits per heavy atom. The summed E-state index contributed by atoms with van der Waals surface area (Å²) in [5, 5.41) is 0.762. The first-order valence-electron chi connectivity index (χ1n) is 8.03. The van der Waals surface area contributed by atoms with Gasteiger partial charge in [-0.1, -0.05) is 23.7 Å². The molecule has 2 aliphatic heterocycles. The average Bonchev–Trinajstić information content (AvgIpc) is 3.05. The van der Waals surface area contributed by atoms with E-state index < -0.39 is 12.8 Å². The summed E-state index contributed by atoms with van der Waals surface area (Å²) in [4.78, 5) is 16.1. The van der Waals surface area contributed by atoms with Crippen molar-refractivity contribution in [1.82, 2.24) is 9.80 Å². The van der Waals surface area contributed by atoms with Gasteiger partial charge in [-0.15, -0.1) is 0 Å². The first kappa shape index (κ1) is 16.5. The van der Waals surface area contributed by atoms with Gasteiger partial charge in [-0.3, -0.25) is 4.90 Å². The van der Waals surface area contributed by atoms with Gasteiger partial charge >= 0.3 is 6.09 Å². The van der Waals surface area contributed by atoms with Crippen LogP contribution in [0, 0.1) is 11.8 Å². The Bertz CT molecular complexity index is 557. The molecule has 3 atom stereocenters. The molecule has 126 valence electrons. The van der Waals surface area contributed by atoms with Crippen molar-refractivity contribution >= 4 is 17.7 Å². The minimum absolute atomic E-state index is 0.383. The van der Waals surface area contributed by atoms with Crippen molar-refractivity contribution in [2.24, 2.45) is 11.8 Å². The number of likely N-dealkylation sites (tertiary alicyclic amines) is 2. The predicted molar refractivity (Wildman–Crippen MR) is 87.2 cm³/mol. The van der Waals surface area contributed by atoms with Gasteiger partial charge in [0.1, 0.15) is 12.8 Å². The van der Waals surface area contributed by atoms with Crippen LogP contribution in [0.25, 0.3) is 0 Å². The van der Waals surface area contributed by atoms with Gasteiger partial charge in [0, 0.05) is 37.7 Å². The maximum atomic E-state index is 12.4. The van der Waals surface area contributed by atoms with Gasteiger partial charge in [0.15, 0.2) is 0 Å². The predicted octanol–water partition coefficient (Wildman–Crippen LogP) is 3.20. The quantitative estimate of drug-likeness (QED) is 0.843. The van der Waals surface area contributed by atoms with Crippen LogP contribution in [-0.2, 0) is 11.3 Å². The minimum atomic E-state index is -0.665. The zero-order chi connectivity index (χ0) is 16.4. The van der Waals surface area contributed by atoms with Crippen LogP contribution in [0.1, 0.15) is 12.5 Å². The summed E-state index contributed by atoms with van der Waals surface area (Å²) in [6.07, 6.45) is -1.05. The fourth-order valence-corrected chi connectivity index (χ4v) is 3.75. The standard InChI is InChI=1S/C17H22ClFN2O2/c1-12(6-19)23-17(22)21-10-14-8-20(9-15(14)11-21)7-13-3-2-4-16(18)5-13/h2-5,12,14-15H,6-11H2,1H3.